The summed E-state index contributed by atoms with van der Waals surface area (Å²) in [4.78, 5) is 35.8. The van der Waals surface area contributed by atoms with Crippen molar-refractivity contribution in [2.75, 3.05) is 7.11 Å². The minimum Gasteiger partial charge on any atom is -0.497 e. The van der Waals surface area contributed by atoms with Crippen molar-refractivity contribution in [1.82, 2.24) is 0 Å². The maximum atomic E-state index is 13.1. The number of nitro benzene ring substituents is 1. The van der Waals surface area contributed by atoms with Gasteiger partial charge in [-0.25, -0.2) is 4.79 Å². The van der Waals surface area contributed by atoms with E-state index in [2.05, 4.69) is 0 Å². The zero-order valence-corrected chi connectivity index (χ0v) is 17.2. The van der Waals surface area contributed by atoms with E-state index in [0.29, 0.717) is 28.0 Å². The maximum Gasteiger partial charge on any atom is 0.343 e. The summed E-state index contributed by atoms with van der Waals surface area (Å²) in [6.07, 6.45) is 0. The standard InChI is InChI=1S/C24H17NO7/c1-14-22(15-6-8-18(30-2)9-7-15)23(26)20-11-10-19(13-21(20)31-14)32-24(27)16-4-3-5-17(12-16)25(28)29/h3-13H,1-2H3. The fourth-order valence-electron chi connectivity index (χ4n) is 3.35. The number of nitro groups is 1. The number of ether oxygens (including phenoxy) is 2. The lowest BCUT2D eigenvalue weighted by molar-refractivity contribution is -0.384. The monoisotopic (exact) mass is 431 g/mol. The first-order valence-corrected chi connectivity index (χ1v) is 9.56. The Morgan fingerprint density at radius 1 is 1.00 bits per heavy atom. The van der Waals surface area contributed by atoms with Gasteiger partial charge >= 0.3 is 5.97 Å². The molecule has 8 nitrogen and oxygen atoms in total. The van der Waals surface area contributed by atoms with E-state index in [1.54, 1.807) is 38.3 Å². The number of carbonyl (C=O) groups is 1. The molecular weight excluding hydrogens is 414 g/mol. The summed E-state index contributed by atoms with van der Waals surface area (Å²) < 4.78 is 16.3. The van der Waals surface area contributed by atoms with Crippen molar-refractivity contribution >= 4 is 22.6 Å². The molecule has 0 amide bonds. The van der Waals surface area contributed by atoms with Crippen LogP contribution in [0.4, 0.5) is 5.69 Å². The third-order valence-electron chi connectivity index (χ3n) is 4.92. The minimum absolute atomic E-state index is 0.0341. The minimum atomic E-state index is -0.762. The fourth-order valence-corrected chi connectivity index (χ4v) is 3.35. The molecule has 0 bridgehead atoms. The molecule has 0 radical (unpaired) electrons. The van der Waals surface area contributed by atoms with Crippen LogP contribution in [0.2, 0.25) is 0 Å². The number of aryl methyl sites for hydroxylation is 1. The summed E-state index contributed by atoms with van der Waals surface area (Å²) >= 11 is 0. The topological polar surface area (TPSA) is 109 Å². The number of nitrogens with zero attached hydrogens (tertiary/aromatic N) is 1. The van der Waals surface area contributed by atoms with E-state index in [1.807, 2.05) is 0 Å². The SMILES string of the molecule is COc1ccc(-c2c(C)oc3cc(OC(=O)c4cccc([N+](=O)[O-])c4)ccc3c2=O)cc1. The van der Waals surface area contributed by atoms with Gasteiger partial charge in [0.2, 0.25) is 5.43 Å². The van der Waals surface area contributed by atoms with Gasteiger partial charge in [-0.15, -0.1) is 0 Å². The first kappa shape index (κ1) is 20.8. The molecular formula is C24H17NO7. The molecule has 0 aliphatic carbocycles. The Hall–Kier alpha value is -4.46. The molecule has 8 heteroatoms. The van der Waals surface area contributed by atoms with E-state index in [9.17, 15) is 19.7 Å². The Balaban J connectivity index is 1.67. The van der Waals surface area contributed by atoms with Crippen molar-refractivity contribution < 1.29 is 23.6 Å². The van der Waals surface area contributed by atoms with Crippen molar-refractivity contribution in [3.63, 3.8) is 0 Å². The zero-order valence-electron chi connectivity index (χ0n) is 17.2. The Bertz CT molecular complexity index is 1400. The molecule has 32 heavy (non-hydrogen) atoms. The van der Waals surface area contributed by atoms with E-state index in [-0.39, 0.29) is 28.0 Å². The van der Waals surface area contributed by atoms with Gasteiger partial charge in [0, 0.05) is 18.2 Å². The second-order valence-corrected chi connectivity index (χ2v) is 6.95. The van der Waals surface area contributed by atoms with E-state index in [0.717, 1.165) is 6.07 Å². The quantitative estimate of drug-likeness (QED) is 0.191. The molecule has 0 N–H and O–H groups in total. The molecule has 0 saturated carbocycles. The maximum absolute atomic E-state index is 13.1. The van der Waals surface area contributed by atoms with E-state index in [1.165, 1.54) is 36.4 Å². The molecule has 0 aliphatic heterocycles. The highest BCUT2D eigenvalue weighted by Gasteiger charge is 2.17. The lowest BCUT2D eigenvalue weighted by atomic mass is 10.0. The number of fused-ring (bicyclic) bond motifs is 1. The smallest absolute Gasteiger partial charge is 0.343 e. The molecule has 0 atom stereocenters. The third-order valence-corrected chi connectivity index (χ3v) is 4.92. The van der Waals surface area contributed by atoms with Crippen LogP contribution < -0.4 is 14.9 Å². The van der Waals surface area contributed by atoms with Crippen LogP contribution in [0.5, 0.6) is 11.5 Å². The molecule has 1 heterocycles. The summed E-state index contributed by atoms with van der Waals surface area (Å²) in [5, 5.41) is 11.2. The largest absolute Gasteiger partial charge is 0.497 e. The number of esters is 1. The van der Waals surface area contributed by atoms with Gasteiger partial charge < -0.3 is 13.9 Å². The molecule has 1 aromatic heterocycles. The van der Waals surface area contributed by atoms with E-state index >= 15 is 0 Å². The van der Waals surface area contributed by atoms with Crippen LogP contribution in [-0.4, -0.2) is 18.0 Å². The molecule has 0 aliphatic rings. The number of methoxy groups -OCH3 is 1. The number of hydrogen-bond acceptors (Lipinski definition) is 7. The van der Waals surface area contributed by atoms with Crippen LogP contribution in [0.1, 0.15) is 16.1 Å². The Morgan fingerprint density at radius 2 is 1.72 bits per heavy atom. The van der Waals surface area contributed by atoms with Crippen LogP contribution in [0.15, 0.2) is 75.9 Å². The van der Waals surface area contributed by atoms with E-state index < -0.39 is 10.9 Å². The number of non-ortho nitro benzene ring substituents is 1. The number of hydrogen-bond donors (Lipinski definition) is 0. The first-order chi connectivity index (χ1) is 15.4. The molecule has 0 fully saturated rings. The van der Waals surface area contributed by atoms with Crippen molar-refractivity contribution in [2.24, 2.45) is 0 Å². The van der Waals surface area contributed by atoms with Gasteiger partial charge in [-0.2, -0.15) is 0 Å². The van der Waals surface area contributed by atoms with Crippen LogP contribution in [0, 0.1) is 17.0 Å². The van der Waals surface area contributed by atoms with Gasteiger partial charge in [-0.1, -0.05) is 18.2 Å². The molecule has 160 valence electrons. The zero-order chi connectivity index (χ0) is 22.8. The molecule has 0 saturated heterocycles. The molecule has 0 unspecified atom stereocenters. The summed E-state index contributed by atoms with van der Waals surface area (Å²) in [6, 6.07) is 16.7. The first-order valence-electron chi connectivity index (χ1n) is 9.56. The summed E-state index contributed by atoms with van der Waals surface area (Å²) in [7, 11) is 1.56. The number of benzene rings is 3. The second kappa shape index (κ2) is 8.35. The predicted octanol–water partition coefficient (Wildman–Crippen LogP) is 4.90. The van der Waals surface area contributed by atoms with Crippen molar-refractivity contribution in [3.8, 4) is 22.6 Å². The molecule has 3 aromatic carbocycles. The average molecular weight is 431 g/mol. The summed E-state index contributed by atoms with van der Waals surface area (Å²) in [5.74, 6) is 0.470. The van der Waals surface area contributed by atoms with Gasteiger partial charge in [0.05, 0.1) is 28.5 Å². The Kier molecular flexibility index (Phi) is 5.43. The summed E-state index contributed by atoms with van der Waals surface area (Å²) in [5.41, 5.74) is 0.985. The van der Waals surface area contributed by atoms with Gasteiger partial charge in [0.25, 0.3) is 5.69 Å². The van der Waals surface area contributed by atoms with Crippen LogP contribution in [0.3, 0.4) is 0 Å². The fraction of sp³-hybridized carbons (Fsp3) is 0.0833. The third kappa shape index (κ3) is 3.93. The van der Waals surface area contributed by atoms with Crippen LogP contribution >= 0.6 is 0 Å². The summed E-state index contributed by atoms with van der Waals surface area (Å²) in [6.45, 7) is 1.68. The van der Waals surface area contributed by atoms with Crippen LogP contribution in [0.25, 0.3) is 22.1 Å². The predicted molar refractivity (Wildman–Crippen MR) is 117 cm³/mol. The van der Waals surface area contributed by atoms with Crippen molar-refractivity contribution in [3.05, 3.63) is 98.4 Å². The molecule has 4 rings (SSSR count). The second-order valence-electron chi connectivity index (χ2n) is 6.95. The highest BCUT2D eigenvalue weighted by molar-refractivity contribution is 5.92. The molecule has 0 spiro atoms. The van der Waals surface area contributed by atoms with Gasteiger partial charge in [-0.05, 0) is 42.8 Å². The highest BCUT2D eigenvalue weighted by atomic mass is 16.6. The highest BCUT2D eigenvalue weighted by Crippen LogP contribution is 2.28. The van der Waals surface area contributed by atoms with Crippen molar-refractivity contribution in [2.45, 2.75) is 6.92 Å². The Labute approximate surface area is 181 Å². The van der Waals surface area contributed by atoms with Gasteiger partial charge in [0.1, 0.15) is 22.8 Å². The number of rotatable bonds is 5. The number of carbonyl (C=O) groups excluding carboxylic acids is 1. The van der Waals surface area contributed by atoms with Crippen molar-refractivity contribution in [1.29, 1.82) is 0 Å². The molecule has 4 aromatic rings. The van der Waals surface area contributed by atoms with Gasteiger partial charge in [0.15, 0.2) is 0 Å². The normalized spacial score (nSPS) is 10.7. The average Bonchev–Trinajstić information content (AvgIpc) is 2.79. The lowest BCUT2D eigenvalue weighted by Crippen LogP contribution is -2.10. The van der Waals surface area contributed by atoms with Gasteiger partial charge in [-0.3, -0.25) is 14.9 Å². The van der Waals surface area contributed by atoms with E-state index in [4.69, 9.17) is 13.9 Å². The lowest BCUT2D eigenvalue weighted by Gasteiger charge is -2.09. The van der Waals surface area contributed by atoms with Crippen LogP contribution in [-0.2, 0) is 0 Å². The Morgan fingerprint density at radius 3 is 2.41 bits per heavy atom.